The van der Waals surface area contributed by atoms with Gasteiger partial charge in [0, 0.05) is 36.6 Å². The Morgan fingerprint density at radius 3 is 1.90 bits per heavy atom. The van der Waals surface area contributed by atoms with Crippen LogP contribution < -0.4 is 10.6 Å². The van der Waals surface area contributed by atoms with Gasteiger partial charge in [0.15, 0.2) is 0 Å². The number of nitrogens with zero attached hydrogens (tertiary/aromatic N) is 1. The lowest BCUT2D eigenvalue weighted by Gasteiger charge is -2.42. The van der Waals surface area contributed by atoms with E-state index in [2.05, 4.69) is 17.6 Å². The fourth-order valence-corrected chi connectivity index (χ4v) is 7.65. The number of imide groups is 1. The van der Waals surface area contributed by atoms with Gasteiger partial charge in [-0.05, 0) is 70.6 Å². The summed E-state index contributed by atoms with van der Waals surface area (Å²) in [6.45, 7) is 12.9. The van der Waals surface area contributed by atoms with Crippen molar-refractivity contribution in [3.8, 4) is 0 Å². The Morgan fingerprint density at radius 2 is 1.37 bits per heavy atom. The second-order valence-electron chi connectivity index (χ2n) is 16.0. The summed E-state index contributed by atoms with van der Waals surface area (Å²) in [6, 6.07) is -1.80. The lowest BCUT2D eigenvalue weighted by atomic mass is 9.71. The van der Waals surface area contributed by atoms with Crippen molar-refractivity contribution in [1.29, 1.82) is 0 Å². The summed E-state index contributed by atoms with van der Waals surface area (Å²) in [5, 5.41) is 25.1. The second kappa shape index (κ2) is 20.1. The number of likely N-dealkylation sites (tertiary alicyclic amines) is 1. The molecule has 0 aromatic heterocycles. The zero-order chi connectivity index (χ0) is 36.9. The van der Waals surface area contributed by atoms with Crippen molar-refractivity contribution in [1.82, 2.24) is 15.5 Å². The first-order chi connectivity index (χ1) is 22.9. The molecule has 11 heteroatoms. The molecule has 2 rings (SSSR count). The predicted octanol–water partition coefficient (Wildman–Crippen LogP) is 5.55. The molecular formula is C38H65N3O8. The molecule has 0 radical (unpaired) electrons. The number of nitrogens with one attached hydrogen (secondary N) is 2. The van der Waals surface area contributed by atoms with Crippen LogP contribution in [0.3, 0.4) is 0 Å². The number of carboxylic acid groups (broad SMARTS) is 1. The highest BCUT2D eigenvalue weighted by Crippen LogP contribution is 2.37. The van der Waals surface area contributed by atoms with Crippen molar-refractivity contribution in [3.05, 3.63) is 0 Å². The molecule has 2 fully saturated rings. The number of piperidine rings is 1. The van der Waals surface area contributed by atoms with Gasteiger partial charge in [-0.1, -0.05) is 79.1 Å². The van der Waals surface area contributed by atoms with Gasteiger partial charge in [0.05, 0.1) is 6.10 Å². The summed E-state index contributed by atoms with van der Waals surface area (Å²) in [4.78, 5) is 76.3. The number of aliphatic carboxylic acids is 1. The van der Waals surface area contributed by atoms with Crippen molar-refractivity contribution in [2.75, 3.05) is 0 Å². The number of carboxylic acids is 1. The molecule has 2 aliphatic rings. The minimum atomic E-state index is -1.13. The number of aliphatic hydroxyl groups excluding tert-OH is 1. The van der Waals surface area contributed by atoms with Crippen LogP contribution in [0.2, 0.25) is 0 Å². The lowest BCUT2D eigenvalue weighted by molar-refractivity contribution is -0.157. The van der Waals surface area contributed by atoms with E-state index in [0.29, 0.717) is 25.2 Å². The van der Waals surface area contributed by atoms with Crippen molar-refractivity contribution in [2.24, 2.45) is 29.6 Å². The number of aliphatic hydroxyl groups is 1. The number of rotatable bonds is 21. The number of amides is 4. The maximum Gasteiger partial charge on any atom is 0.325 e. The molecule has 0 bridgehead atoms. The van der Waals surface area contributed by atoms with Crippen LogP contribution in [0.1, 0.15) is 151 Å². The zero-order valence-corrected chi connectivity index (χ0v) is 31.2. The Bertz CT molecular complexity index is 1120. The van der Waals surface area contributed by atoms with Gasteiger partial charge in [-0.2, -0.15) is 0 Å². The molecule has 280 valence electrons. The third kappa shape index (κ3) is 13.8. The fourth-order valence-electron chi connectivity index (χ4n) is 7.65. The number of ketones is 1. The predicted molar refractivity (Wildman–Crippen MR) is 188 cm³/mol. The third-order valence-electron chi connectivity index (χ3n) is 10.5. The number of carbonyl (C=O) groups excluding carboxylic acids is 5. The summed E-state index contributed by atoms with van der Waals surface area (Å²) >= 11 is 0. The average Bonchev–Trinajstić information content (AvgIpc) is 2.99. The first-order valence-corrected chi connectivity index (χ1v) is 18.8. The number of unbranched alkanes of at least 4 members (excludes halogenated alkanes) is 8. The molecule has 1 saturated heterocycles. The van der Waals surface area contributed by atoms with Gasteiger partial charge in [-0.3, -0.25) is 33.7 Å². The first kappa shape index (κ1) is 42.3. The van der Waals surface area contributed by atoms with E-state index >= 15 is 0 Å². The molecular weight excluding hydrogens is 626 g/mol. The maximum atomic E-state index is 13.2. The van der Waals surface area contributed by atoms with Crippen LogP contribution in [-0.2, 0) is 28.8 Å². The van der Waals surface area contributed by atoms with Gasteiger partial charge < -0.3 is 20.8 Å². The quantitative estimate of drug-likeness (QED) is 0.0897. The molecule has 0 aromatic carbocycles. The number of Topliss-reactive ketones (excluding diaryl/α,β-unsaturated/α-hetero) is 1. The number of hydrogen-bond donors (Lipinski definition) is 4. The summed E-state index contributed by atoms with van der Waals surface area (Å²) in [6.07, 6.45) is 11.5. The molecule has 1 heterocycles. The molecule has 0 aromatic rings. The van der Waals surface area contributed by atoms with Crippen LogP contribution in [0.15, 0.2) is 0 Å². The molecule has 1 aliphatic heterocycles. The summed E-state index contributed by atoms with van der Waals surface area (Å²) in [5.74, 6) is -2.55. The summed E-state index contributed by atoms with van der Waals surface area (Å²) < 4.78 is 0. The van der Waals surface area contributed by atoms with E-state index < -0.39 is 41.5 Å². The molecule has 1 aliphatic carbocycles. The van der Waals surface area contributed by atoms with E-state index in [1.54, 1.807) is 13.8 Å². The molecule has 4 amide bonds. The van der Waals surface area contributed by atoms with E-state index in [9.17, 15) is 33.9 Å². The zero-order valence-electron chi connectivity index (χ0n) is 31.2. The van der Waals surface area contributed by atoms with E-state index in [0.717, 1.165) is 70.6 Å². The van der Waals surface area contributed by atoms with E-state index in [1.807, 2.05) is 20.8 Å². The second-order valence-corrected chi connectivity index (χ2v) is 16.0. The fraction of sp³-hybridized carbons (Fsp3) is 0.842. The third-order valence-corrected chi connectivity index (χ3v) is 10.5. The van der Waals surface area contributed by atoms with Gasteiger partial charge >= 0.3 is 5.97 Å². The molecule has 1 saturated carbocycles. The first-order valence-electron chi connectivity index (χ1n) is 18.8. The van der Waals surface area contributed by atoms with Crippen molar-refractivity contribution < 1.29 is 39.0 Å². The molecule has 6 atom stereocenters. The molecule has 4 N–H and O–H groups in total. The Labute approximate surface area is 294 Å². The number of hydrogen-bond acceptors (Lipinski definition) is 7. The SMILES string of the molecule is CC(NC(=O)C(NC(=O)CCCCCCCCCCCC(C)(C)N1C(=O)CC(CC(O)C2C[C@@H](C)C[C@H](C)C2=O)CC1=O)C(C)C)C(=O)O. The molecule has 0 spiro atoms. The van der Waals surface area contributed by atoms with Gasteiger partial charge in [0.1, 0.15) is 17.9 Å². The maximum absolute atomic E-state index is 13.2. The topological polar surface area (TPSA) is 170 Å². The summed E-state index contributed by atoms with van der Waals surface area (Å²) in [5.41, 5.74) is -0.565. The normalized spacial score (nSPS) is 22.6. The molecule has 49 heavy (non-hydrogen) atoms. The lowest BCUT2D eigenvalue weighted by Crippen LogP contribution is -2.55. The Kier molecular flexibility index (Phi) is 17.4. The van der Waals surface area contributed by atoms with Gasteiger partial charge in [0.2, 0.25) is 23.6 Å². The van der Waals surface area contributed by atoms with Crippen LogP contribution in [0.4, 0.5) is 0 Å². The Balaban J connectivity index is 1.60. The van der Waals surface area contributed by atoms with Crippen LogP contribution in [-0.4, -0.2) is 74.2 Å². The highest BCUT2D eigenvalue weighted by Gasteiger charge is 2.43. The number of carbonyl (C=O) groups is 6. The highest BCUT2D eigenvalue weighted by atomic mass is 16.4. The van der Waals surface area contributed by atoms with Crippen LogP contribution in [0.5, 0.6) is 0 Å². The molecule has 4 unspecified atom stereocenters. The monoisotopic (exact) mass is 691 g/mol. The van der Waals surface area contributed by atoms with Crippen molar-refractivity contribution >= 4 is 35.4 Å². The van der Waals surface area contributed by atoms with E-state index in [4.69, 9.17) is 5.11 Å². The highest BCUT2D eigenvalue weighted by molar-refractivity contribution is 5.98. The van der Waals surface area contributed by atoms with Gasteiger partial charge in [-0.25, -0.2) is 0 Å². The standard InChI is InChI=1S/C38H65N3O8/c1-24(2)34(36(47)39-27(5)37(48)49)40-31(43)17-15-13-11-9-8-10-12-14-16-18-38(6,7)41-32(44)22-28(23-33(41)45)21-30(42)29-20-25(3)19-26(4)35(29)46/h24-30,34,42H,8-23H2,1-7H3,(H,39,47)(H,40,43)(H,48,49)/t25-,26-,27?,29?,30?,34?/m0/s1. The molecule has 11 nitrogen and oxygen atoms in total. The van der Waals surface area contributed by atoms with Gasteiger partial charge in [0.25, 0.3) is 0 Å². The Morgan fingerprint density at radius 1 is 0.837 bits per heavy atom. The largest absolute Gasteiger partial charge is 0.480 e. The minimum Gasteiger partial charge on any atom is -0.480 e. The Hall–Kier alpha value is -2.82. The van der Waals surface area contributed by atoms with E-state index in [-0.39, 0.29) is 54.1 Å². The van der Waals surface area contributed by atoms with E-state index in [1.165, 1.54) is 11.8 Å². The summed E-state index contributed by atoms with van der Waals surface area (Å²) in [7, 11) is 0. The smallest absolute Gasteiger partial charge is 0.325 e. The average molecular weight is 692 g/mol. The van der Waals surface area contributed by atoms with Crippen molar-refractivity contribution in [3.63, 3.8) is 0 Å². The minimum absolute atomic E-state index is 0.0568. The van der Waals surface area contributed by atoms with Gasteiger partial charge in [-0.15, -0.1) is 0 Å². The van der Waals surface area contributed by atoms with Crippen LogP contribution >= 0.6 is 0 Å². The van der Waals surface area contributed by atoms with Crippen LogP contribution in [0.25, 0.3) is 0 Å². The van der Waals surface area contributed by atoms with Crippen LogP contribution in [0, 0.1) is 29.6 Å². The van der Waals surface area contributed by atoms with Crippen molar-refractivity contribution in [2.45, 2.75) is 175 Å².